The molecule has 0 unspecified atom stereocenters. The molecule has 0 fully saturated rings. The zero-order valence-corrected chi connectivity index (χ0v) is 18.3. The van der Waals surface area contributed by atoms with Gasteiger partial charge >= 0.3 is 0 Å². The van der Waals surface area contributed by atoms with E-state index >= 15 is 0 Å². The van der Waals surface area contributed by atoms with Gasteiger partial charge in [0.15, 0.2) is 28.8 Å². The van der Waals surface area contributed by atoms with Crippen molar-refractivity contribution in [3.63, 3.8) is 0 Å². The van der Waals surface area contributed by atoms with E-state index in [1.54, 1.807) is 26.4 Å². The predicted molar refractivity (Wildman–Crippen MR) is 117 cm³/mol. The van der Waals surface area contributed by atoms with Crippen LogP contribution in [0.4, 0.5) is 0 Å². The molecule has 164 valence electrons. The van der Waals surface area contributed by atoms with Gasteiger partial charge in [-0.1, -0.05) is 12.1 Å². The number of likely N-dealkylation sites (N-methyl/N-ethyl adjacent to an activating group) is 1. The lowest BCUT2D eigenvalue weighted by Gasteiger charge is -2.28. The molecule has 0 aromatic heterocycles. The van der Waals surface area contributed by atoms with Crippen LogP contribution in [0, 0.1) is 0 Å². The van der Waals surface area contributed by atoms with Crippen molar-refractivity contribution >= 4 is 11.9 Å². The molecule has 2 aromatic rings. The van der Waals surface area contributed by atoms with Gasteiger partial charge in [0.1, 0.15) is 0 Å². The summed E-state index contributed by atoms with van der Waals surface area (Å²) in [5, 5.41) is 0. The Kier molecular flexibility index (Phi) is 6.04. The summed E-state index contributed by atoms with van der Waals surface area (Å²) in [7, 11) is 5.27. The van der Waals surface area contributed by atoms with Crippen molar-refractivity contribution in [3.8, 4) is 28.7 Å². The number of fused-ring (bicyclic) bond motifs is 2. The van der Waals surface area contributed by atoms with Crippen LogP contribution < -0.4 is 23.7 Å². The van der Waals surface area contributed by atoms with Crippen LogP contribution in [0.2, 0.25) is 0 Å². The van der Waals surface area contributed by atoms with E-state index in [1.165, 1.54) is 0 Å². The standard InChI is InChI=1S/C24H27NO6/c1-5-29-20-12-15(7-9-19(20)27-3)6-8-18(26)21-16-10-11-25(2)13-17(16)22(28-4)24-23(21)30-14-31-24/h6-9,12H,5,10-11,13-14H2,1-4H3/b8-6+. The maximum absolute atomic E-state index is 13.3. The summed E-state index contributed by atoms with van der Waals surface area (Å²) in [6.45, 7) is 4.06. The van der Waals surface area contributed by atoms with Crippen LogP contribution in [-0.4, -0.2) is 51.9 Å². The zero-order valence-electron chi connectivity index (χ0n) is 18.3. The van der Waals surface area contributed by atoms with Gasteiger partial charge in [0, 0.05) is 18.7 Å². The van der Waals surface area contributed by atoms with E-state index in [1.807, 2.05) is 32.2 Å². The number of methoxy groups -OCH3 is 2. The van der Waals surface area contributed by atoms with Gasteiger partial charge in [-0.05, 0) is 49.7 Å². The van der Waals surface area contributed by atoms with Crippen LogP contribution in [0.25, 0.3) is 6.08 Å². The largest absolute Gasteiger partial charge is 0.493 e. The Balaban J connectivity index is 1.72. The maximum Gasteiger partial charge on any atom is 0.231 e. The van der Waals surface area contributed by atoms with E-state index in [0.29, 0.717) is 47.5 Å². The van der Waals surface area contributed by atoms with Crippen LogP contribution in [-0.2, 0) is 13.0 Å². The van der Waals surface area contributed by atoms with Gasteiger partial charge in [-0.2, -0.15) is 0 Å². The molecule has 31 heavy (non-hydrogen) atoms. The number of hydrogen-bond donors (Lipinski definition) is 0. The SMILES string of the molecule is CCOc1cc(/C=C/C(=O)c2c3c(c(OC)c4c2OCO4)CN(C)CC3)ccc1OC. The molecule has 2 aliphatic heterocycles. The van der Waals surface area contributed by atoms with Gasteiger partial charge in [-0.3, -0.25) is 4.79 Å². The molecule has 2 aliphatic rings. The smallest absolute Gasteiger partial charge is 0.231 e. The molecule has 0 saturated heterocycles. The van der Waals surface area contributed by atoms with Gasteiger partial charge in [0.2, 0.25) is 12.5 Å². The fourth-order valence-corrected chi connectivity index (χ4v) is 4.09. The normalized spacial score (nSPS) is 15.1. The van der Waals surface area contributed by atoms with Crippen molar-refractivity contribution in [1.29, 1.82) is 0 Å². The van der Waals surface area contributed by atoms with Crippen molar-refractivity contribution in [2.45, 2.75) is 19.9 Å². The Hall–Kier alpha value is -3.19. The quantitative estimate of drug-likeness (QED) is 0.495. The Morgan fingerprint density at radius 2 is 1.94 bits per heavy atom. The molecule has 7 heteroatoms. The van der Waals surface area contributed by atoms with Crippen molar-refractivity contribution in [3.05, 3.63) is 46.5 Å². The molecule has 2 heterocycles. The third kappa shape index (κ3) is 3.93. The summed E-state index contributed by atoms with van der Waals surface area (Å²) in [6.07, 6.45) is 4.09. The van der Waals surface area contributed by atoms with E-state index in [2.05, 4.69) is 4.90 Å². The first kappa shape index (κ1) is 21.1. The molecule has 0 bridgehead atoms. The Morgan fingerprint density at radius 1 is 1.13 bits per heavy atom. The second-order valence-electron chi connectivity index (χ2n) is 7.46. The number of allylic oxidation sites excluding steroid dienone is 1. The highest BCUT2D eigenvalue weighted by Crippen LogP contribution is 2.49. The highest BCUT2D eigenvalue weighted by molar-refractivity contribution is 6.11. The molecule has 4 rings (SSSR count). The van der Waals surface area contributed by atoms with Gasteiger partial charge in [0.05, 0.1) is 26.4 Å². The van der Waals surface area contributed by atoms with Crippen LogP contribution in [0.1, 0.15) is 34.0 Å². The molecular weight excluding hydrogens is 398 g/mol. The van der Waals surface area contributed by atoms with Crippen molar-refractivity contribution in [2.24, 2.45) is 0 Å². The van der Waals surface area contributed by atoms with Crippen molar-refractivity contribution in [1.82, 2.24) is 4.90 Å². The van der Waals surface area contributed by atoms with E-state index < -0.39 is 0 Å². The topological polar surface area (TPSA) is 66.5 Å². The number of rotatable bonds is 7. The predicted octanol–water partition coefficient (Wildman–Crippen LogP) is 3.72. The summed E-state index contributed by atoms with van der Waals surface area (Å²) >= 11 is 0. The zero-order chi connectivity index (χ0) is 22.0. The molecule has 0 aliphatic carbocycles. The minimum absolute atomic E-state index is 0.0740. The summed E-state index contributed by atoms with van der Waals surface area (Å²) in [5.41, 5.74) is 3.36. The molecule has 0 N–H and O–H groups in total. The lowest BCUT2D eigenvalue weighted by molar-refractivity contribution is 0.104. The Labute approximate surface area is 182 Å². The number of carbonyl (C=O) groups excluding carboxylic acids is 1. The first-order valence-electron chi connectivity index (χ1n) is 10.3. The fraction of sp³-hybridized carbons (Fsp3) is 0.375. The molecule has 0 spiro atoms. The average Bonchev–Trinajstić information content (AvgIpc) is 3.25. The van der Waals surface area contributed by atoms with E-state index in [0.717, 1.165) is 29.7 Å². The Morgan fingerprint density at radius 3 is 2.68 bits per heavy atom. The molecule has 0 radical (unpaired) electrons. The number of carbonyl (C=O) groups is 1. The lowest BCUT2D eigenvalue weighted by Crippen LogP contribution is -2.28. The van der Waals surface area contributed by atoms with Crippen molar-refractivity contribution in [2.75, 3.05) is 41.2 Å². The lowest BCUT2D eigenvalue weighted by atomic mass is 9.90. The first-order valence-corrected chi connectivity index (χ1v) is 10.3. The van der Waals surface area contributed by atoms with Crippen LogP contribution in [0.5, 0.6) is 28.7 Å². The second-order valence-corrected chi connectivity index (χ2v) is 7.46. The highest BCUT2D eigenvalue weighted by atomic mass is 16.7. The summed E-state index contributed by atoms with van der Waals surface area (Å²) in [4.78, 5) is 15.5. The minimum atomic E-state index is -0.126. The average molecular weight is 425 g/mol. The van der Waals surface area contributed by atoms with Crippen LogP contribution >= 0.6 is 0 Å². The fourth-order valence-electron chi connectivity index (χ4n) is 4.09. The van der Waals surface area contributed by atoms with Crippen LogP contribution in [0.3, 0.4) is 0 Å². The Bertz CT molecular complexity index is 1030. The number of hydrogen-bond acceptors (Lipinski definition) is 7. The minimum Gasteiger partial charge on any atom is -0.493 e. The summed E-state index contributed by atoms with van der Waals surface area (Å²) < 4.78 is 28.0. The van der Waals surface area contributed by atoms with Gasteiger partial charge in [-0.25, -0.2) is 0 Å². The molecular formula is C24H27NO6. The van der Waals surface area contributed by atoms with Gasteiger partial charge < -0.3 is 28.6 Å². The molecule has 2 aromatic carbocycles. The molecule has 0 amide bonds. The number of nitrogens with zero attached hydrogens (tertiary/aromatic N) is 1. The molecule has 7 nitrogen and oxygen atoms in total. The third-order valence-corrected chi connectivity index (χ3v) is 5.52. The van der Waals surface area contributed by atoms with E-state index in [4.69, 9.17) is 23.7 Å². The maximum atomic E-state index is 13.3. The molecule has 0 atom stereocenters. The molecule has 0 saturated carbocycles. The second kappa shape index (κ2) is 8.89. The van der Waals surface area contributed by atoms with Gasteiger partial charge in [0.25, 0.3) is 0 Å². The van der Waals surface area contributed by atoms with Crippen molar-refractivity contribution < 1.29 is 28.5 Å². The van der Waals surface area contributed by atoms with Gasteiger partial charge in [-0.15, -0.1) is 0 Å². The number of ketones is 1. The highest BCUT2D eigenvalue weighted by Gasteiger charge is 2.34. The van der Waals surface area contributed by atoms with Crippen LogP contribution in [0.15, 0.2) is 24.3 Å². The number of ether oxygens (including phenoxy) is 5. The summed E-state index contributed by atoms with van der Waals surface area (Å²) in [5.74, 6) is 2.81. The van der Waals surface area contributed by atoms with E-state index in [-0.39, 0.29) is 12.6 Å². The monoisotopic (exact) mass is 425 g/mol. The van der Waals surface area contributed by atoms with E-state index in [9.17, 15) is 4.79 Å². The first-order chi connectivity index (χ1) is 15.1. The summed E-state index contributed by atoms with van der Waals surface area (Å²) in [6, 6.07) is 5.57. The third-order valence-electron chi connectivity index (χ3n) is 5.52. The number of benzene rings is 2.